The highest BCUT2D eigenvalue weighted by Gasteiger charge is 2.31. The summed E-state index contributed by atoms with van der Waals surface area (Å²) in [7, 11) is 0. The molecule has 1 fully saturated rings. The van der Waals surface area contributed by atoms with Crippen molar-refractivity contribution in [3.05, 3.63) is 59.8 Å². The monoisotopic (exact) mass is 500 g/mol. The van der Waals surface area contributed by atoms with E-state index in [1.807, 2.05) is 13.8 Å². The van der Waals surface area contributed by atoms with E-state index < -0.39 is 12.5 Å². The van der Waals surface area contributed by atoms with Crippen LogP contribution in [0.15, 0.2) is 54.3 Å². The quantitative estimate of drug-likeness (QED) is 0.235. The van der Waals surface area contributed by atoms with Crippen LogP contribution in [0.4, 0.5) is 14.6 Å². The Labute approximate surface area is 209 Å². The molecule has 1 saturated heterocycles. The first-order valence-corrected chi connectivity index (χ1v) is 11.8. The van der Waals surface area contributed by atoms with E-state index in [1.54, 1.807) is 35.4 Å². The SMILES string of the molecule is CC(C)C(=C/N)/C=C(\N)Nc1ccc2ncc(/C(C=N)=C/NCC(F)(F)CN3CCOCC3)cc2n1. The van der Waals surface area contributed by atoms with E-state index in [1.165, 1.54) is 12.4 Å². The number of morpholine rings is 1. The number of hydrogen-bond acceptors (Lipinski definition) is 9. The van der Waals surface area contributed by atoms with Gasteiger partial charge in [0.05, 0.1) is 37.3 Å². The van der Waals surface area contributed by atoms with Crippen LogP contribution >= 0.6 is 0 Å². The molecular weight excluding hydrogens is 466 g/mol. The first-order valence-electron chi connectivity index (χ1n) is 11.8. The normalized spacial score (nSPS) is 16.4. The number of ether oxygens (including phenoxy) is 1. The average molecular weight is 501 g/mol. The number of aromatic nitrogens is 2. The predicted molar refractivity (Wildman–Crippen MR) is 140 cm³/mol. The van der Waals surface area contributed by atoms with Crippen LogP contribution < -0.4 is 22.1 Å². The molecule has 1 aliphatic rings. The van der Waals surface area contributed by atoms with Crippen molar-refractivity contribution in [1.82, 2.24) is 20.2 Å². The number of halogens is 2. The average Bonchev–Trinajstić information content (AvgIpc) is 2.85. The Bertz CT molecular complexity index is 1140. The van der Waals surface area contributed by atoms with Crippen molar-refractivity contribution in [2.75, 3.05) is 44.7 Å². The molecule has 2 aromatic heterocycles. The van der Waals surface area contributed by atoms with Crippen LogP contribution in [0.25, 0.3) is 16.6 Å². The zero-order valence-electron chi connectivity index (χ0n) is 20.6. The second kappa shape index (κ2) is 12.4. The Balaban J connectivity index is 1.71. The van der Waals surface area contributed by atoms with Gasteiger partial charge in [-0.2, -0.15) is 0 Å². The zero-order valence-corrected chi connectivity index (χ0v) is 20.6. The van der Waals surface area contributed by atoms with Crippen LogP contribution in [0.3, 0.4) is 0 Å². The summed E-state index contributed by atoms with van der Waals surface area (Å²) in [5.74, 6) is -1.81. The summed E-state index contributed by atoms with van der Waals surface area (Å²) < 4.78 is 34.0. The number of hydrogen-bond donors (Lipinski definition) is 5. The highest BCUT2D eigenvalue weighted by Crippen LogP contribution is 2.20. The minimum atomic E-state index is -2.92. The van der Waals surface area contributed by atoms with E-state index in [-0.39, 0.29) is 12.5 Å². The Morgan fingerprint density at radius 2 is 2.03 bits per heavy atom. The van der Waals surface area contributed by atoms with Crippen LogP contribution in [-0.2, 0) is 4.74 Å². The molecule has 1 aliphatic heterocycles. The zero-order chi connectivity index (χ0) is 26.1. The van der Waals surface area contributed by atoms with E-state index in [0.717, 1.165) is 11.8 Å². The van der Waals surface area contributed by atoms with Crippen LogP contribution in [0.1, 0.15) is 19.4 Å². The molecule has 0 bridgehead atoms. The number of pyridine rings is 2. The van der Waals surface area contributed by atoms with Gasteiger partial charge in [0.15, 0.2) is 0 Å². The fourth-order valence-electron chi connectivity index (χ4n) is 3.67. The molecule has 0 aliphatic carbocycles. The van der Waals surface area contributed by atoms with E-state index in [4.69, 9.17) is 21.6 Å². The fourth-order valence-corrected chi connectivity index (χ4v) is 3.67. The Hall–Kier alpha value is -3.57. The molecule has 0 aromatic carbocycles. The van der Waals surface area contributed by atoms with Gasteiger partial charge in [0.2, 0.25) is 0 Å². The van der Waals surface area contributed by atoms with Crippen LogP contribution in [-0.4, -0.2) is 66.4 Å². The first-order chi connectivity index (χ1) is 17.2. The number of nitrogens with two attached hydrogens (primary N) is 2. The molecule has 194 valence electrons. The maximum absolute atomic E-state index is 14.4. The van der Waals surface area contributed by atoms with Crippen molar-refractivity contribution < 1.29 is 13.5 Å². The smallest absolute Gasteiger partial charge is 0.277 e. The molecule has 2 aromatic rings. The van der Waals surface area contributed by atoms with Gasteiger partial charge >= 0.3 is 0 Å². The van der Waals surface area contributed by atoms with Gasteiger partial charge in [-0.25, -0.2) is 13.8 Å². The van der Waals surface area contributed by atoms with Crippen molar-refractivity contribution in [2.45, 2.75) is 19.8 Å². The third-order valence-corrected chi connectivity index (χ3v) is 5.66. The summed E-state index contributed by atoms with van der Waals surface area (Å²) in [6.07, 6.45) is 7.34. The molecular formula is C25H34F2N8O. The molecule has 0 atom stereocenters. The molecule has 0 spiro atoms. The number of fused-ring (bicyclic) bond motifs is 1. The molecule has 11 heteroatoms. The van der Waals surface area contributed by atoms with Gasteiger partial charge < -0.3 is 32.2 Å². The van der Waals surface area contributed by atoms with Crippen molar-refractivity contribution in [3.63, 3.8) is 0 Å². The number of alkyl halides is 2. The summed E-state index contributed by atoms with van der Waals surface area (Å²) in [5, 5.41) is 13.5. The summed E-state index contributed by atoms with van der Waals surface area (Å²) in [6.45, 7) is 5.06. The van der Waals surface area contributed by atoms with E-state index in [0.29, 0.717) is 60.1 Å². The van der Waals surface area contributed by atoms with Crippen LogP contribution in [0.2, 0.25) is 0 Å². The third kappa shape index (κ3) is 7.72. The molecule has 0 amide bonds. The number of nitrogens with zero attached hydrogens (tertiary/aromatic N) is 3. The second-order valence-corrected chi connectivity index (χ2v) is 8.87. The summed E-state index contributed by atoms with van der Waals surface area (Å²) in [5.41, 5.74) is 14.8. The predicted octanol–water partition coefficient (Wildman–Crippen LogP) is 2.89. The minimum Gasteiger partial charge on any atom is -0.404 e. The number of nitrogens with one attached hydrogen (secondary N) is 3. The van der Waals surface area contributed by atoms with Crippen molar-refractivity contribution in [1.29, 1.82) is 5.41 Å². The largest absolute Gasteiger partial charge is 0.404 e. The standard InChI is InChI=1S/C25H34F2N8O/c1-17(2)18(11-28)10-23(30)34-24-4-3-21-22(33-24)9-19(14-32-21)20(12-29)13-31-15-25(26,27)16-35-5-7-36-8-6-35/h3-4,9-14,17,29,31H,5-8,15-16,28,30H2,1-2H3,(H,33,34)/b18-11+,20-13+,23-10+,29-12?. The summed E-state index contributed by atoms with van der Waals surface area (Å²) in [6, 6.07) is 5.29. The lowest BCUT2D eigenvalue weighted by Crippen LogP contribution is -2.46. The van der Waals surface area contributed by atoms with Crippen molar-refractivity contribution in [3.8, 4) is 0 Å². The maximum Gasteiger partial charge on any atom is 0.277 e. The van der Waals surface area contributed by atoms with Gasteiger partial charge in [0.1, 0.15) is 11.6 Å². The van der Waals surface area contributed by atoms with Gasteiger partial charge in [0, 0.05) is 42.8 Å². The number of rotatable bonds is 11. The highest BCUT2D eigenvalue weighted by atomic mass is 19.3. The highest BCUT2D eigenvalue weighted by molar-refractivity contribution is 6.08. The minimum absolute atomic E-state index is 0.214. The molecule has 0 saturated carbocycles. The lowest BCUT2D eigenvalue weighted by atomic mass is 10.0. The van der Waals surface area contributed by atoms with E-state index in [2.05, 4.69) is 20.6 Å². The second-order valence-electron chi connectivity index (χ2n) is 8.87. The first kappa shape index (κ1) is 27.0. The molecule has 7 N–H and O–H groups in total. The van der Waals surface area contributed by atoms with Crippen molar-refractivity contribution >= 4 is 28.6 Å². The molecule has 3 rings (SSSR count). The van der Waals surface area contributed by atoms with Gasteiger partial charge in [-0.3, -0.25) is 9.88 Å². The van der Waals surface area contributed by atoms with Crippen molar-refractivity contribution in [2.24, 2.45) is 17.4 Å². The third-order valence-electron chi connectivity index (χ3n) is 5.66. The van der Waals surface area contributed by atoms with Gasteiger partial charge in [-0.15, -0.1) is 0 Å². The Morgan fingerprint density at radius 1 is 1.28 bits per heavy atom. The summed E-state index contributed by atoms with van der Waals surface area (Å²) in [4.78, 5) is 10.6. The summed E-state index contributed by atoms with van der Waals surface area (Å²) >= 11 is 0. The van der Waals surface area contributed by atoms with Gasteiger partial charge in [-0.1, -0.05) is 13.8 Å². The van der Waals surface area contributed by atoms with E-state index in [9.17, 15) is 8.78 Å². The molecule has 9 nitrogen and oxygen atoms in total. The van der Waals surface area contributed by atoms with E-state index >= 15 is 0 Å². The van der Waals surface area contributed by atoms with Crippen LogP contribution in [0.5, 0.6) is 0 Å². The maximum atomic E-state index is 14.4. The number of allylic oxidation sites excluding steroid dienone is 3. The lowest BCUT2D eigenvalue weighted by Gasteiger charge is -2.30. The topological polar surface area (TPSA) is 138 Å². The number of anilines is 1. The van der Waals surface area contributed by atoms with Crippen LogP contribution in [0, 0.1) is 11.3 Å². The Morgan fingerprint density at radius 3 is 2.69 bits per heavy atom. The lowest BCUT2D eigenvalue weighted by molar-refractivity contribution is -0.0536. The molecule has 0 unspecified atom stereocenters. The molecule has 3 heterocycles. The molecule has 0 radical (unpaired) electrons. The molecule has 36 heavy (non-hydrogen) atoms. The van der Waals surface area contributed by atoms with Gasteiger partial charge in [0.25, 0.3) is 5.92 Å². The Kier molecular flexibility index (Phi) is 9.31. The van der Waals surface area contributed by atoms with Gasteiger partial charge in [-0.05, 0) is 42.0 Å². The fraction of sp³-hybridized carbons (Fsp3) is 0.400.